The average Bonchev–Trinajstić information content (AvgIpc) is 2.81. The fourth-order valence-electron chi connectivity index (χ4n) is 4.07. The van der Waals surface area contributed by atoms with Crippen LogP contribution in [-0.4, -0.2) is 34.2 Å². The van der Waals surface area contributed by atoms with E-state index in [-0.39, 0.29) is 11.0 Å². The SMILES string of the molecule is COc1ccccc1-n1c(=O)n(CC(=O)N(C)c2cccc(C)c2)c(=O)c2c(C)cc(C)nc21. The number of hydrogen-bond acceptors (Lipinski definition) is 5. The maximum Gasteiger partial charge on any atom is 0.337 e. The molecule has 174 valence electrons. The topological polar surface area (TPSA) is 86.4 Å². The highest BCUT2D eigenvalue weighted by molar-refractivity contribution is 5.93. The van der Waals surface area contributed by atoms with E-state index in [1.54, 1.807) is 57.3 Å². The Morgan fingerprint density at radius 2 is 1.76 bits per heavy atom. The average molecular weight is 459 g/mol. The van der Waals surface area contributed by atoms with Gasteiger partial charge >= 0.3 is 5.69 Å². The molecule has 0 saturated carbocycles. The number of methoxy groups -OCH3 is 1. The molecule has 0 spiro atoms. The third-order valence-corrected chi connectivity index (χ3v) is 5.80. The van der Waals surface area contributed by atoms with Crippen LogP contribution in [0.2, 0.25) is 0 Å². The Balaban J connectivity index is 1.96. The minimum atomic E-state index is -0.662. The number of benzene rings is 2. The second-order valence-corrected chi connectivity index (χ2v) is 8.25. The first-order valence-corrected chi connectivity index (χ1v) is 10.8. The lowest BCUT2D eigenvalue weighted by Gasteiger charge is -2.20. The molecule has 0 radical (unpaired) electrons. The van der Waals surface area contributed by atoms with Crippen molar-refractivity contribution in [2.45, 2.75) is 27.3 Å². The third kappa shape index (κ3) is 3.98. The van der Waals surface area contributed by atoms with E-state index in [0.717, 1.165) is 10.1 Å². The molecule has 0 N–H and O–H groups in total. The van der Waals surface area contributed by atoms with Crippen LogP contribution >= 0.6 is 0 Å². The summed E-state index contributed by atoms with van der Waals surface area (Å²) in [6.45, 7) is 5.11. The van der Waals surface area contributed by atoms with Gasteiger partial charge < -0.3 is 9.64 Å². The van der Waals surface area contributed by atoms with Gasteiger partial charge in [-0.15, -0.1) is 0 Å². The monoisotopic (exact) mass is 458 g/mol. The lowest BCUT2D eigenvalue weighted by atomic mass is 10.1. The molecular formula is C26H26N4O4. The summed E-state index contributed by atoms with van der Waals surface area (Å²) in [6.07, 6.45) is 0. The number of aryl methyl sites for hydroxylation is 3. The van der Waals surface area contributed by atoms with E-state index in [1.807, 2.05) is 25.1 Å². The highest BCUT2D eigenvalue weighted by atomic mass is 16.5. The van der Waals surface area contributed by atoms with Gasteiger partial charge in [-0.25, -0.2) is 18.9 Å². The van der Waals surface area contributed by atoms with Crippen molar-refractivity contribution in [2.24, 2.45) is 0 Å². The molecule has 0 atom stereocenters. The summed E-state index contributed by atoms with van der Waals surface area (Å²) < 4.78 is 7.78. The van der Waals surface area contributed by atoms with Crippen LogP contribution in [0.3, 0.4) is 0 Å². The number of ether oxygens (including phenoxy) is 1. The zero-order valence-electron chi connectivity index (χ0n) is 19.8. The van der Waals surface area contributed by atoms with Crippen molar-refractivity contribution in [3.05, 3.63) is 92.3 Å². The number of para-hydroxylation sites is 2. The van der Waals surface area contributed by atoms with Crippen molar-refractivity contribution in [1.82, 2.24) is 14.1 Å². The molecule has 4 rings (SSSR count). The maximum atomic E-state index is 13.7. The van der Waals surface area contributed by atoms with Gasteiger partial charge in [0.15, 0.2) is 5.65 Å². The van der Waals surface area contributed by atoms with Crippen molar-refractivity contribution in [2.75, 3.05) is 19.1 Å². The van der Waals surface area contributed by atoms with Crippen LogP contribution in [0.1, 0.15) is 16.8 Å². The van der Waals surface area contributed by atoms with Crippen LogP contribution in [0.4, 0.5) is 5.69 Å². The molecule has 1 amide bonds. The molecule has 0 aliphatic carbocycles. The van der Waals surface area contributed by atoms with Crippen molar-refractivity contribution < 1.29 is 9.53 Å². The number of hydrogen-bond donors (Lipinski definition) is 0. The van der Waals surface area contributed by atoms with Crippen molar-refractivity contribution in [3.63, 3.8) is 0 Å². The number of nitrogens with zero attached hydrogens (tertiary/aromatic N) is 4. The Hall–Kier alpha value is -4.20. The fourth-order valence-corrected chi connectivity index (χ4v) is 4.07. The Morgan fingerprint density at radius 3 is 2.47 bits per heavy atom. The van der Waals surface area contributed by atoms with E-state index in [9.17, 15) is 14.4 Å². The van der Waals surface area contributed by atoms with Crippen LogP contribution in [-0.2, 0) is 11.3 Å². The van der Waals surface area contributed by atoms with Gasteiger partial charge in [0, 0.05) is 18.4 Å². The molecule has 8 heteroatoms. The van der Waals surface area contributed by atoms with Crippen LogP contribution in [0, 0.1) is 20.8 Å². The Morgan fingerprint density at radius 1 is 1.03 bits per heavy atom. The van der Waals surface area contributed by atoms with Crippen LogP contribution in [0.25, 0.3) is 16.7 Å². The van der Waals surface area contributed by atoms with E-state index < -0.39 is 23.7 Å². The number of carbonyl (C=O) groups excluding carboxylic acids is 1. The molecule has 4 aromatic rings. The number of aromatic nitrogens is 3. The molecule has 0 saturated heterocycles. The molecular weight excluding hydrogens is 432 g/mol. The number of pyridine rings is 1. The molecule has 0 aliphatic heterocycles. The predicted octanol–water partition coefficient (Wildman–Crippen LogP) is 3.14. The number of rotatable bonds is 5. The van der Waals surface area contributed by atoms with Crippen molar-refractivity contribution in [3.8, 4) is 11.4 Å². The van der Waals surface area contributed by atoms with Gasteiger partial charge in [0.1, 0.15) is 12.3 Å². The van der Waals surface area contributed by atoms with Gasteiger partial charge in [-0.05, 0) is 62.2 Å². The number of likely N-dealkylation sites (N-methyl/N-ethyl adjacent to an activating group) is 1. The summed E-state index contributed by atoms with van der Waals surface area (Å²) in [5.41, 5.74) is 2.46. The quantitative estimate of drug-likeness (QED) is 0.459. The van der Waals surface area contributed by atoms with Gasteiger partial charge in [-0.1, -0.05) is 24.3 Å². The van der Waals surface area contributed by atoms with Crippen LogP contribution in [0.15, 0.2) is 64.2 Å². The summed E-state index contributed by atoms with van der Waals surface area (Å²) in [6, 6.07) is 16.2. The van der Waals surface area contributed by atoms with E-state index in [1.165, 1.54) is 16.6 Å². The lowest BCUT2D eigenvalue weighted by Crippen LogP contribution is -2.44. The predicted molar refractivity (Wildman–Crippen MR) is 132 cm³/mol. The smallest absolute Gasteiger partial charge is 0.337 e. The van der Waals surface area contributed by atoms with Crippen molar-refractivity contribution >= 4 is 22.6 Å². The highest BCUT2D eigenvalue weighted by Crippen LogP contribution is 2.24. The first kappa shape index (κ1) is 23.0. The number of carbonyl (C=O) groups is 1. The van der Waals surface area contributed by atoms with Gasteiger partial charge in [-0.3, -0.25) is 9.59 Å². The summed E-state index contributed by atoms with van der Waals surface area (Å²) in [4.78, 5) is 46.3. The first-order valence-electron chi connectivity index (χ1n) is 10.8. The Kier molecular flexibility index (Phi) is 6.06. The second-order valence-electron chi connectivity index (χ2n) is 8.25. The van der Waals surface area contributed by atoms with Crippen molar-refractivity contribution in [1.29, 1.82) is 0 Å². The van der Waals surface area contributed by atoms with Gasteiger partial charge in [-0.2, -0.15) is 0 Å². The normalized spacial score (nSPS) is 11.0. The Labute approximate surface area is 196 Å². The molecule has 2 heterocycles. The molecule has 8 nitrogen and oxygen atoms in total. The standard InChI is InChI=1S/C26H26N4O4/c1-16-9-8-10-19(13-16)28(4)22(31)15-29-25(32)23-17(2)14-18(3)27-24(23)30(26(29)33)20-11-6-7-12-21(20)34-5/h6-14H,15H2,1-5H3. The van der Waals surface area contributed by atoms with Gasteiger partial charge in [0.25, 0.3) is 5.56 Å². The van der Waals surface area contributed by atoms with E-state index >= 15 is 0 Å². The number of anilines is 1. The molecule has 0 bridgehead atoms. The number of amides is 1. The van der Waals surface area contributed by atoms with E-state index in [0.29, 0.717) is 28.4 Å². The molecule has 2 aromatic heterocycles. The van der Waals surface area contributed by atoms with Crippen LogP contribution in [0.5, 0.6) is 5.75 Å². The van der Waals surface area contributed by atoms with Crippen LogP contribution < -0.4 is 20.9 Å². The lowest BCUT2D eigenvalue weighted by molar-refractivity contribution is -0.119. The van der Waals surface area contributed by atoms with Gasteiger partial charge in [0.2, 0.25) is 5.91 Å². The zero-order valence-corrected chi connectivity index (χ0v) is 19.8. The minimum Gasteiger partial charge on any atom is -0.495 e. The summed E-state index contributed by atoms with van der Waals surface area (Å²) in [5.74, 6) is 0.0497. The Bertz CT molecular complexity index is 1530. The maximum absolute atomic E-state index is 13.7. The van der Waals surface area contributed by atoms with Gasteiger partial charge in [0.05, 0.1) is 18.2 Å². The highest BCUT2D eigenvalue weighted by Gasteiger charge is 2.22. The summed E-state index contributed by atoms with van der Waals surface area (Å²) in [5, 5.41) is 0.280. The largest absolute Gasteiger partial charge is 0.495 e. The zero-order chi connectivity index (χ0) is 24.6. The second kappa shape index (κ2) is 8.97. The molecule has 0 aliphatic rings. The molecule has 0 fully saturated rings. The summed E-state index contributed by atoms with van der Waals surface area (Å²) >= 11 is 0. The summed E-state index contributed by atoms with van der Waals surface area (Å²) in [7, 11) is 3.13. The third-order valence-electron chi connectivity index (χ3n) is 5.80. The number of fused-ring (bicyclic) bond motifs is 1. The van der Waals surface area contributed by atoms with E-state index in [4.69, 9.17) is 4.74 Å². The minimum absolute atomic E-state index is 0.229. The molecule has 2 aromatic carbocycles. The first-order chi connectivity index (χ1) is 16.2. The molecule has 0 unspecified atom stereocenters. The molecule has 34 heavy (non-hydrogen) atoms. The van der Waals surface area contributed by atoms with E-state index in [2.05, 4.69) is 4.98 Å². The fraction of sp³-hybridized carbons (Fsp3) is 0.231.